The maximum absolute atomic E-state index is 10.3. The van der Waals surface area contributed by atoms with Gasteiger partial charge >= 0.3 is 0 Å². The number of allylic oxidation sites excluding steroid dienone is 2. The number of hydrogen-bond donors (Lipinski definition) is 1. The molecule has 1 nitrogen and oxygen atoms in total. The molecule has 31 heavy (non-hydrogen) atoms. The van der Waals surface area contributed by atoms with Crippen LogP contribution in [0.4, 0.5) is 0 Å². The molecule has 0 aromatic heterocycles. The number of aliphatic hydroxyl groups excluding tert-OH is 1. The van der Waals surface area contributed by atoms with Gasteiger partial charge in [0.2, 0.25) is 0 Å². The Morgan fingerprint density at radius 3 is 2.52 bits per heavy atom. The Balaban J connectivity index is 1.51. The fourth-order valence-corrected chi connectivity index (χ4v) is 9.28. The Labute approximate surface area is 193 Å². The Hall–Kier alpha value is -0.560. The minimum absolute atomic E-state index is 0.0893. The lowest BCUT2D eigenvalue weighted by Crippen LogP contribution is -2.50. The summed E-state index contributed by atoms with van der Waals surface area (Å²) in [5.41, 5.74) is 4.00. The fraction of sp³-hybridized carbons (Fsp3) is 0.867. The number of rotatable bonds is 6. The third-order valence-electron chi connectivity index (χ3n) is 11.3. The van der Waals surface area contributed by atoms with Gasteiger partial charge in [0.25, 0.3) is 0 Å². The molecule has 0 bridgehead atoms. The molecule has 0 saturated heterocycles. The van der Waals surface area contributed by atoms with Gasteiger partial charge in [-0.1, -0.05) is 65.3 Å². The summed E-state index contributed by atoms with van der Waals surface area (Å²) in [5, 5.41) is 10.3. The first kappa shape index (κ1) is 23.6. The summed E-state index contributed by atoms with van der Waals surface area (Å²) in [6.45, 7) is 19.3. The average molecular weight is 427 g/mol. The Morgan fingerprint density at radius 2 is 1.84 bits per heavy atom. The Morgan fingerprint density at radius 1 is 1.10 bits per heavy atom. The van der Waals surface area contributed by atoms with Gasteiger partial charge in [-0.15, -0.1) is 0 Å². The molecule has 1 heteroatoms. The van der Waals surface area contributed by atoms with E-state index in [1.165, 1.54) is 56.9 Å². The molecule has 0 radical (unpaired) electrons. The highest BCUT2D eigenvalue weighted by molar-refractivity contribution is 5.25. The summed E-state index contributed by atoms with van der Waals surface area (Å²) in [6.07, 6.45) is 15.3. The van der Waals surface area contributed by atoms with E-state index in [0.29, 0.717) is 22.7 Å². The first-order valence-electron chi connectivity index (χ1n) is 13.7. The SMILES string of the molecule is C=C(C(C)C)C(CC)CC(C)C1CCC2C3CC=C4CC(O)CCC4(C)C3CCC12C. The van der Waals surface area contributed by atoms with Crippen molar-refractivity contribution < 1.29 is 5.11 Å². The summed E-state index contributed by atoms with van der Waals surface area (Å²) < 4.78 is 0. The van der Waals surface area contributed by atoms with Crippen LogP contribution in [0.3, 0.4) is 0 Å². The molecule has 0 heterocycles. The largest absolute Gasteiger partial charge is 0.393 e. The van der Waals surface area contributed by atoms with Gasteiger partial charge in [-0.3, -0.25) is 0 Å². The summed E-state index contributed by atoms with van der Waals surface area (Å²) in [5.74, 6) is 5.65. The molecule has 9 unspecified atom stereocenters. The zero-order valence-corrected chi connectivity index (χ0v) is 21.4. The zero-order valence-electron chi connectivity index (χ0n) is 21.4. The van der Waals surface area contributed by atoms with Gasteiger partial charge in [0, 0.05) is 0 Å². The van der Waals surface area contributed by atoms with Crippen molar-refractivity contribution in [1.82, 2.24) is 0 Å². The van der Waals surface area contributed by atoms with E-state index in [2.05, 4.69) is 54.2 Å². The summed E-state index contributed by atoms with van der Waals surface area (Å²) in [6, 6.07) is 0. The molecule has 0 amide bonds. The minimum Gasteiger partial charge on any atom is -0.393 e. The van der Waals surface area contributed by atoms with Gasteiger partial charge < -0.3 is 5.11 Å². The number of hydrogen-bond acceptors (Lipinski definition) is 1. The molecule has 3 fully saturated rings. The molecule has 4 aliphatic carbocycles. The number of aliphatic hydroxyl groups is 1. The van der Waals surface area contributed by atoms with Gasteiger partial charge in [0.1, 0.15) is 0 Å². The lowest BCUT2D eigenvalue weighted by Gasteiger charge is -2.58. The van der Waals surface area contributed by atoms with Crippen LogP contribution in [0.2, 0.25) is 0 Å². The second-order valence-corrected chi connectivity index (χ2v) is 12.9. The fourth-order valence-electron chi connectivity index (χ4n) is 9.28. The lowest BCUT2D eigenvalue weighted by molar-refractivity contribution is -0.0578. The van der Waals surface area contributed by atoms with Crippen molar-refractivity contribution in [3.8, 4) is 0 Å². The first-order valence-corrected chi connectivity index (χ1v) is 13.7. The van der Waals surface area contributed by atoms with Crippen LogP contribution in [-0.4, -0.2) is 11.2 Å². The van der Waals surface area contributed by atoms with Crippen molar-refractivity contribution >= 4 is 0 Å². The summed E-state index contributed by atoms with van der Waals surface area (Å²) in [7, 11) is 0. The van der Waals surface area contributed by atoms with E-state index in [1.54, 1.807) is 5.57 Å². The van der Waals surface area contributed by atoms with E-state index in [1.807, 2.05) is 0 Å². The third-order valence-corrected chi connectivity index (χ3v) is 11.3. The van der Waals surface area contributed by atoms with E-state index in [0.717, 1.165) is 42.4 Å². The van der Waals surface area contributed by atoms with E-state index < -0.39 is 0 Å². The van der Waals surface area contributed by atoms with Crippen molar-refractivity contribution in [2.45, 2.75) is 112 Å². The molecule has 4 rings (SSSR count). The summed E-state index contributed by atoms with van der Waals surface area (Å²) in [4.78, 5) is 0. The van der Waals surface area contributed by atoms with Crippen LogP contribution in [0.5, 0.6) is 0 Å². The molecular weight excluding hydrogens is 376 g/mol. The van der Waals surface area contributed by atoms with Gasteiger partial charge in [0.05, 0.1) is 6.10 Å². The van der Waals surface area contributed by atoms with Crippen molar-refractivity contribution in [2.24, 2.45) is 52.3 Å². The molecule has 0 aromatic carbocycles. The van der Waals surface area contributed by atoms with Gasteiger partial charge in [0.15, 0.2) is 0 Å². The summed E-state index contributed by atoms with van der Waals surface area (Å²) >= 11 is 0. The van der Waals surface area contributed by atoms with Crippen molar-refractivity contribution in [3.63, 3.8) is 0 Å². The highest BCUT2D eigenvalue weighted by Crippen LogP contribution is 2.67. The van der Waals surface area contributed by atoms with Crippen molar-refractivity contribution in [1.29, 1.82) is 0 Å². The third kappa shape index (κ3) is 3.89. The first-order chi connectivity index (χ1) is 14.6. The second-order valence-electron chi connectivity index (χ2n) is 12.9. The molecule has 1 N–H and O–H groups in total. The van der Waals surface area contributed by atoms with E-state index in [-0.39, 0.29) is 6.10 Å². The topological polar surface area (TPSA) is 20.2 Å². The van der Waals surface area contributed by atoms with Gasteiger partial charge in [-0.05, 0) is 116 Å². The Bertz CT molecular complexity index is 703. The molecule has 0 spiro atoms. The van der Waals surface area contributed by atoms with Crippen LogP contribution in [0.25, 0.3) is 0 Å². The quantitative estimate of drug-likeness (QED) is 0.424. The maximum atomic E-state index is 10.3. The second kappa shape index (κ2) is 8.66. The zero-order chi connectivity index (χ0) is 22.6. The van der Waals surface area contributed by atoms with E-state index in [9.17, 15) is 5.11 Å². The van der Waals surface area contributed by atoms with Crippen LogP contribution < -0.4 is 0 Å². The molecule has 3 saturated carbocycles. The molecular formula is C30H50O. The highest BCUT2D eigenvalue weighted by Gasteiger charge is 2.59. The molecule has 0 aliphatic heterocycles. The lowest BCUT2D eigenvalue weighted by atomic mass is 9.47. The van der Waals surface area contributed by atoms with Crippen LogP contribution in [0.15, 0.2) is 23.8 Å². The van der Waals surface area contributed by atoms with Gasteiger partial charge in [-0.2, -0.15) is 0 Å². The monoisotopic (exact) mass is 426 g/mol. The smallest absolute Gasteiger partial charge is 0.0577 e. The van der Waals surface area contributed by atoms with Gasteiger partial charge in [-0.25, -0.2) is 0 Å². The number of fused-ring (bicyclic) bond motifs is 5. The normalized spacial score (nSPS) is 44.1. The standard InChI is InChI=1S/C30H50O/c1-8-22(21(5)19(2)3)17-20(4)26-11-12-27-25-10-9-23-18-24(31)13-15-29(23,6)28(25)14-16-30(26,27)7/h9,19-20,22,24-28,31H,5,8,10-18H2,1-4,6-7H3. The molecule has 0 aromatic rings. The van der Waals surface area contributed by atoms with Crippen molar-refractivity contribution in [3.05, 3.63) is 23.8 Å². The van der Waals surface area contributed by atoms with Crippen LogP contribution >= 0.6 is 0 Å². The van der Waals surface area contributed by atoms with Crippen LogP contribution in [0, 0.1) is 52.3 Å². The molecule has 9 atom stereocenters. The predicted molar refractivity (Wildman–Crippen MR) is 133 cm³/mol. The highest BCUT2D eigenvalue weighted by atomic mass is 16.3. The van der Waals surface area contributed by atoms with E-state index >= 15 is 0 Å². The molecule has 176 valence electrons. The Kier molecular flexibility index (Phi) is 6.59. The minimum atomic E-state index is -0.0893. The molecule has 4 aliphatic rings. The maximum Gasteiger partial charge on any atom is 0.0577 e. The van der Waals surface area contributed by atoms with E-state index in [4.69, 9.17) is 0 Å². The average Bonchev–Trinajstić information content (AvgIpc) is 3.09. The predicted octanol–water partition coefficient (Wildman–Crippen LogP) is 8.19. The van der Waals surface area contributed by atoms with Crippen LogP contribution in [0.1, 0.15) is 106 Å². The van der Waals surface area contributed by atoms with Crippen molar-refractivity contribution in [2.75, 3.05) is 0 Å². The van der Waals surface area contributed by atoms with Crippen LogP contribution in [-0.2, 0) is 0 Å².